The van der Waals surface area contributed by atoms with Crippen LogP contribution in [0.15, 0.2) is 0 Å². The van der Waals surface area contributed by atoms with Crippen LogP contribution >= 0.6 is 0 Å². The average molecular weight is 299 g/mol. The molecular formula is C18H35O3. The van der Waals surface area contributed by atoms with Gasteiger partial charge in [-0.2, -0.15) is 0 Å². The summed E-state index contributed by atoms with van der Waals surface area (Å²) in [7, 11) is 1.66. The molecular weight excluding hydrogens is 264 g/mol. The Bertz CT molecular complexity index is 195. The van der Waals surface area contributed by atoms with Gasteiger partial charge >= 0.3 is 0 Å². The number of unbranched alkanes of at least 4 members (excludes halogenated alkanes) is 13. The van der Waals surface area contributed by atoms with Crippen LogP contribution in [0.1, 0.15) is 89.9 Å². The fraction of sp³-hybridized carbons (Fsp3) is 0.944. The maximum absolute atomic E-state index is 10.0. The first-order chi connectivity index (χ1) is 10.4. The highest BCUT2D eigenvalue weighted by molar-refractivity contribution is 5.50. The van der Waals surface area contributed by atoms with Crippen molar-refractivity contribution >= 4 is 6.29 Å². The van der Waals surface area contributed by atoms with E-state index in [9.17, 15) is 4.79 Å². The predicted octanol–water partition coefficient (Wildman–Crippen LogP) is 5.18. The second-order valence-corrected chi connectivity index (χ2v) is 5.81. The van der Waals surface area contributed by atoms with Crippen LogP contribution in [0.5, 0.6) is 0 Å². The lowest BCUT2D eigenvalue weighted by Gasteiger charge is -2.04. The zero-order chi connectivity index (χ0) is 15.4. The molecule has 0 aromatic heterocycles. The van der Waals surface area contributed by atoms with Crippen LogP contribution in [0.25, 0.3) is 0 Å². The SMILES string of the molecule is COCOCCCCCCCCCCCCCCC[C]=O. The Balaban J connectivity index is 2.91. The molecule has 0 unspecified atom stereocenters. The van der Waals surface area contributed by atoms with E-state index < -0.39 is 0 Å². The number of ether oxygens (including phenoxy) is 2. The summed E-state index contributed by atoms with van der Waals surface area (Å²) in [5.74, 6) is 0. The van der Waals surface area contributed by atoms with Crippen molar-refractivity contribution in [1.82, 2.24) is 0 Å². The van der Waals surface area contributed by atoms with Gasteiger partial charge in [-0.1, -0.05) is 70.6 Å². The van der Waals surface area contributed by atoms with Crippen molar-refractivity contribution in [1.29, 1.82) is 0 Å². The van der Waals surface area contributed by atoms with E-state index in [0.29, 0.717) is 13.2 Å². The lowest BCUT2D eigenvalue weighted by Crippen LogP contribution is -1.98. The summed E-state index contributed by atoms with van der Waals surface area (Å²) >= 11 is 0. The minimum atomic E-state index is 0.426. The van der Waals surface area contributed by atoms with Gasteiger partial charge in [0.15, 0.2) is 6.29 Å². The molecule has 0 fully saturated rings. The molecule has 0 heterocycles. The molecule has 0 spiro atoms. The Morgan fingerprint density at radius 3 is 1.52 bits per heavy atom. The fourth-order valence-electron chi connectivity index (χ4n) is 2.49. The molecule has 0 saturated carbocycles. The summed E-state index contributed by atoms with van der Waals surface area (Å²) in [6.07, 6.45) is 19.5. The third kappa shape index (κ3) is 19.6. The molecule has 21 heavy (non-hydrogen) atoms. The fourth-order valence-corrected chi connectivity index (χ4v) is 2.49. The molecule has 0 aromatic rings. The third-order valence-electron chi connectivity index (χ3n) is 3.77. The van der Waals surface area contributed by atoms with Crippen LogP contribution < -0.4 is 0 Å². The van der Waals surface area contributed by atoms with Crippen molar-refractivity contribution in [3.8, 4) is 0 Å². The molecule has 125 valence electrons. The molecule has 0 N–H and O–H groups in total. The minimum absolute atomic E-state index is 0.426. The smallest absolute Gasteiger partial charge is 0.198 e. The van der Waals surface area contributed by atoms with Crippen molar-refractivity contribution in [2.24, 2.45) is 0 Å². The highest BCUT2D eigenvalue weighted by Crippen LogP contribution is 2.12. The average Bonchev–Trinajstić information content (AvgIpc) is 2.50. The first-order valence-electron chi connectivity index (χ1n) is 8.83. The van der Waals surface area contributed by atoms with Gasteiger partial charge in [-0.3, -0.25) is 4.79 Å². The Labute approximate surface area is 131 Å². The quantitative estimate of drug-likeness (QED) is 0.258. The van der Waals surface area contributed by atoms with Crippen molar-refractivity contribution in [2.75, 3.05) is 20.5 Å². The van der Waals surface area contributed by atoms with Crippen LogP contribution in [0.4, 0.5) is 0 Å². The molecule has 0 amide bonds. The van der Waals surface area contributed by atoms with Crippen molar-refractivity contribution in [2.45, 2.75) is 89.9 Å². The number of hydrogen-bond donors (Lipinski definition) is 0. The van der Waals surface area contributed by atoms with E-state index in [1.165, 1.54) is 70.6 Å². The number of rotatable bonds is 18. The Morgan fingerprint density at radius 2 is 1.10 bits per heavy atom. The van der Waals surface area contributed by atoms with E-state index in [0.717, 1.165) is 19.4 Å². The number of methoxy groups -OCH3 is 1. The van der Waals surface area contributed by atoms with E-state index in [1.54, 1.807) is 7.11 Å². The largest absolute Gasteiger partial charge is 0.359 e. The predicted molar refractivity (Wildman–Crippen MR) is 88.2 cm³/mol. The molecule has 3 heteroatoms. The Morgan fingerprint density at radius 1 is 0.667 bits per heavy atom. The molecule has 0 aliphatic rings. The Kier molecular flexibility index (Phi) is 19.2. The van der Waals surface area contributed by atoms with Crippen LogP contribution in [-0.4, -0.2) is 26.8 Å². The van der Waals surface area contributed by atoms with Gasteiger partial charge in [0, 0.05) is 20.1 Å². The van der Waals surface area contributed by atoms with Gasteiger partial charge in [-0.25, -0.2) is 0 Å². The molecule has 0 saturated heterocycles. The summed E-state index contributed by atoms with van der Waals surface area (Å²) < 4.78 is 10.1. The van der Waals surface area contributed by atoms with Crippen LogP contribution in [0, 0.1) is 0 Å². The zero-order valence-corrected chi connectivity index (χ0v) is 14.0. The first kappa shape index (κ1) is 20.6. The molecule has 0 aromatic carbocycles. The van der Waals surface area contributed by atoms with E-state index >= 15 is 0 Å². The Hall–Kier alpha value is -0.410. The normalized spacial score (nSPS) is 10.9. The summed E-state index contributed by atoms with van der Waals surface area (Å²) in [6, 6.07) is 0. The van der Waals surface area contributed by atoms with Gasteiger partial charge in [-0.05, 0) is 12.8 Å². The zero-order valence-electron chi connectivity index (χ0n) is 14.0. The summed E-state index contributed by atoms with van der Waals surface area (Å²) in [6.45, 7) is 1.26. The summed E-state index contributed by atoms with van der Waals surface area (Å²) in [4.78, 5) is 10.0. The maximum Gasteiger partial charge on any atom is 0.198 e. The molecule has 0 aliphatic heterocycles. The van der Waals surface area contributed by atoms with E-state index in [2.05, 4.69) is 0 Å². The van der Waals surface area contributed by atoms with E-state index in [4.69, 9.17) is 9.47 Å². The second kappa shape index (κ2) is 19.6. The van der Waals surface area contributed by atoms with Crippen LogP contribution in [0.3, 0.4) is 0 Å². The summed E-state index contributed by atoms with van der Waals surface area (Å²) in [5.41, 5.74) is 0. The molecule has 0 rings (SSSR count). The molecule has 0 bridgehead atoms. The third-order valence-corrected chi connectivity index (χ3v) is 3.77. The second-order valence-electron chi connectivity index (χ2n) is 5.81. The number of hydrogen-bond acceptors (Lipinski definition) is 3. The highest BCUT2D eigenvalue weighted by Gasteiger charge is 1.94. The lowest BCUT2D eigenvalue weighted by molar-refractivity contribution is -0.0315. The van der Waals surface area contributed by atoms with E-state index in [-0.39, 0.29) is 0 Å². The van der Waals surface area contributed by atoms with Crippen LogP contribution in [-0.2, 0) is 14.3 Å². The molecule has 3 nitrogen and oxygen atoms in total. The van der Waals surface area contributed by atoms with Crippen molar-refractivity contribution in [3.63, 3.8) is 0 Å². The van der Waals surface area contributed by atoms with Crippen molar-refractivity contribution < 1.29 is 14.3 Å². The maximum atomic E-state index is 10.0. The topological polar surface area (TPSA) is 35.5 Å². The molecule has 1 radical (unpaired) electrons. The van der Waals surface area contributed by atoms with Gasteiger partial charge < -0.3 is 9.47 Å². The van der Waals surface area contributed by atoms with Gasteiger partial charge in [0.1, 0.15) is 6.79 Å². The lowest BCUT2D eigenvalue weighted by atomic mass is 10.0. The molecule has 0 aliphatic carbocycles. The van der Waals surface area contributed by atoms with Crippen LogP contribution in [0.2, 0.25) is 0 Å². The van der Waals surface area contributed by atoms with Gasteiger partial charge in [0.2, 0.25) is 0 Å². The van der Waals surface area contributed by atoms with E-state index in [1.807, 2.05) is 6.29 Å². The van der Waals surface area contributed by atoms with Gasteiger partial charge in [-0.15, -0.1) is 0 Å². The monoisotopic (exact) mass is 299 g/mol. The van der Waals surface area contributed by atoms with Gasteiger partial charge in [0.05, 0.1) is 0 Å². The summed E-state index contributed by atoms with van der Waals surface area (Å²) in [5, 5.41) is 0. The van der Waals surface area contributed by atoms with Crippen molar-refractivity contribution in [3.05, 3.63) is 0 Å². The highest BCUT2D eigenvalue weighted by atomic mass is 16.7. The number of carbonyl (C=O) groups excluding carboxylic acids is 1. The molecule has 0 atom stereocenters. The minimum Gasteiger partial charge on any atom is -0.359 e. The first-order valence-corrected chi connectivity index (χ1v) is 8.83. The van der Waals surface area contributed by atoms with Gasteiger partial charge in [0.25, 0.3) is 0 Å². The standard InChI is InChI=1S/C18H35O3/c1-20-18-21-17-15-13-11-9-7-5-3-2-4-6-8-10-12-14-16-19/h2-15,17-18H2,1H3.